The second kappa shape index (κ2) is 10.9. The number of nitrogens with zero attached hydrogens (tertiary/aromatic N) is 2. The second-order valence-corrected chi connectivity index (χ2v) is 7.97. The Kier molecular flexibility index (Phi) is 7.47. The summed E-state index contributed by atoms with van der Waals surface area (Å²) in [4.78, 5) is 17.3. The van der Waals surface area contributed by atoms with Gasteiger partial charge in [0.25, 0.3) is 5.91 Å². The number of para-hydroxylation sites is 3. The first-order valence-corrected chi connectivity index (χ1v) is 11.3. The molecule has 170 valence electrons. The molecule has 0 saturated carbocycles. The Morgan fingerprint density at radius 1 is 1.00 bits per heavy atom. The highest BCUT2D eigenvalue weighted by Gasteiger charge is 2.12. The smallest absolute Gasteiger partial charge is 0.251 e. The topological polar surface area (TPSA) is 65.4 Å². The van der Waals surface area contributed by atoms with Crippen LogP contribution in [0.2, 0.25) is 5.02 Å². The van der Waals surface area contributed by atoms with Crippen LogP contribution < -0.4 is 14.8 Å². The SMILES string of the molecule is COc1ccc(C(=O)NCc2nc3ccccc3n2CCCCOc2ccccc2Cl)cc1. The van der Waals surface area contributed by atoms with Crippen LogP contribution in [-0.4, -0.2) is 29.2 Å². The van der Waals surface area contributed by atoms with E-state index in [0.29, 0.717) is 35.2 Å². The van der Waals surface area contributed by atoms with Crippen molar-refractivity contribution in [1.82, 2.24) is 14.9 Å². The van der Waals surface area contributed by atoms with Crippen LogP contribution in [0.15, 0.2) is 72.8 Å². The number of hydrogen-bond acceptors (Lipinski definition) is 4. The molecule has 1 aromatic heterocycles. The molecule has 0 spiro atoms. The average molecular weight is 464 g/mol. The molecule has 7 heteroatoms. The second-order valence-electron chi connectivity index (χ2n) is 7.57. The molecule has 0 saturated heterocycles. The number of unbranched alkanes of at least 4 members (excludes halogenated alkanes) is 1. The number of amides is 1. The number of aryl methyl sites for hydroxylation is 1. The molecular weight excluding hydrogens is 438 g/mol. The van der Waals surface area contributed by atoms with Gasteiger partial charge in [0, 0.05) is 12.1 Å². The van der Waals surface area contributed by atoms with Gasteiger partial charge in [0.2, 0.25) is 0 Å². The van der Waals surface area contributed by atoms with Gasteiger partial charge in [0.1, 0.15) is 17.3 Å². The van der Waals surface area contributed by atoms with E-state index in [9.17, 15) is 4.79 Å². The normalized spacial score (nSPS) is 10.8. The monoisotopic (exact) mass is 463 g/mol. The van der Waals surface area contributed by atoms with Crippen LogP contribution >= 0.6 is 11.6 Å². The molecule has 1 N–H and O–H groups in total. The predicted octanol–water partition coefficient (Wildman–Crippen LogP) is 5.49. The maximum absolute atomic E-state index is 12.6. The molecule has 0 bridgehead atoms. The van der Waals surface area contributed by atoms with Crippen LogP contribution in [0.25, 0.3) is 11.0 Å². The minimum atomic E-state index is -0.149. The third-order valence-corrected chi connectivity index (χ3v) is 5.68. The molecule has 0 fully saturated rings. The summed E-state index contributed by atoms with van der Waals surface area (Å²) < 4.78 is 13.1. The molecule has 1 amide bonds. The van der Waals surface area contributed by atoms with Gasteiger partial charge in [0.15, 0.2) is 0 Å². The fourth-order valence-electron chi connectivity index (χ4n) is 3.63. The molecule has 1 heterocycles. The average Bonchev–Trinajstić information content (AvgIpc) is 3.21. The first-order valence-electron chi connectivity index (χ1n) is 10.9. The van der Waals surface area contributed by atoms with Crippen molar-refractivity contribution in [3.8, 4) is 11.5 Å². The number of hydrogen-bond donors (Lipinski definition) is 1. The quantitative estimate of drug-likeness (QED) is 0.316. The summed E-state index contributed by atoms with van der Waals surface area (Å²) in [6.07, 6.45) is 1.78. The highest BCUT2D eigenvalue weighted by molar-refractivity contribution is 6.32. The van der Waals surface area contributed by atoms with E-state index in [2.05, 4.69) is 16.0 Å². The molecule has 0 atom stereocenters. The molecule has 0 aliphatic heterocycles. The lowest BCUT2D eigenvalue weighted by Gasteiger charge is -2.11. The summed E-state index contributed by atoms with van der Waals surface area (Å²) in [5.41, 5.74) is 2.55. The van der Waals surface area contributed by atoms with E-state index in [1.807, 2.05) is 42.5 Å². The Morgan fingerprint density at radius 3 is 2.55 bits per heavy atom. The zero-order chi connectivity index (χ0) is 23.0. The highest BCUT2D eigenvalue weighted by Crippen LogP contribution is 2.23. The van der Waals surface area contributed by atoms with Gasteiger partial charge in [-0.2, -0.15) is 0 Å². The third kappa shape index (κ3) is 5.65. The van der Waals surface area contributed by atoms with Crippen molar-refractivity contribution in [1.29, 1.82) is 0 Å². The van der Waals surface area contributed by atoms with Gasteiger partial charge >= 0.3 is 0 Å². The van der Waals surface area contributed by atoms with Crippen molar-refractivity contribution < 1.29 is 14.3 Å². The number of carbonyl (C=O) groups excluding carboxylic acids is 1. The number of rotatable bonds is 10. The fraction of sp³-hybridized carbons (Fsp3) is 0.231. The van der Waals surface area contributed by atoms with Gasteiger partial charge in [-0.05, 0) is 61.4 Å². The van der Waals surface area contributed by atoms with Gasteiger partial charge in [-0.15, -0.1) is 0 Å². The van der Waals surface area contributed by atoms with Crippen molar-refractivity contribution in [2.24, 2.45) is 0 Å². The first kappa shape index (κ1) is 22.7. The first-order chi connectivity index (χ1) is 16.2. The summed E-state index contributed by atoms with van der Waals surface area (Å²) >= 11 is 6.15. The van der Waals surface area contributed by atoms with Gasteiger partial charge in [0.05, 0.1) is 36.3 Å². The van der Waals surface area contributed by atoms with Gasteiger partial charge in [-0.25, -0.2) is 4.98 Å². The van der Waals surface area contributed by atoms with E-state index in [1.165, 1.54) is 0 Å². The summed E-state index contributed by atoms with van der Waals surface area (Å²) in [5, 5.41) is 3.60. The van der Waals surface area contributed by atoms with E-state index >= 15 is 0 Å². The number of nitrogens with one attached hydrogen (secondary N) is 1. The Balaban J connectivity index is 1.37. The Bertz CT molecular complexity index is 1220. The summed E-state index contributed by atoms with van der Waals surface area (Å²) in [6.45, 7) is 1.70. The molecule has 3 aromatic carbocycles. The predicted molar refractivity (Wildman–Crippen MR) is 130 cm³/mol. The Morgan fingerprint density at radius 2 is 1.76 bits per heavy atom. The van der Waals surface area contributed by atoms with Crippen molar-refractivity contribution in [2.45, 2.75) is 25.9 Å². The fourth-order valence-corrected chi connectivity index (χ4v) is 3.82. The molecular formula is C26H26ClN3O3. The standard InChI is InChI=1S/C26H26ClN3O3/c1-32-20-14-12-19(13-15-20)26(31)28-18-25-29-22-9-3-4-10-23(22)30(25)16-6-7-17-33-24-11-5-2-8-21(24)27/h2-5,8-15H,6-7,16-18H2,1H3,(H,28,31). The van der Waals surface area contributed by atoms with Crippen LogP contribution in [0.4, 0.5) is 0 Å². The minimum absolute atomic E-state index is 0.149. The maximum Gasteiger partial charge on any atom is 0.251 e. The Labute approximate surface area is 198 Å². The van der Waals surface area contributed by atoms with Crippen LogP contribution in [-0.2, 0) is 13.1 Å². The molecule has 4 rings (SSSR count). The van der Waals surface area contributed by atoms with Crippen molar-refractivity contribution >= 4 is 28.5 Å². The zero-order valence-corrected chi connectivity index (χ0v) is 19.2. The molecule has 6 nitrogen and oxygen atoms in total. The molecule has 0 unspecified atom stereocenters. The van der Waals surface area contributed by atoms with Gasteiger partial charge in [-0.1, -0.05) is 35.9 Å². The Hall–Kier alpha value is -3.51. The van der Waals surface area contributed by atoms with Crippen molar-refractivity contribution in [3.63, 3.8) is 0 Å². The summed E-state index contributed by atoms with van der Waals surface area (Å²) in [7, 11) is 1.60. The largest absolute Gasteiger partial charge is 0.497 e. The van der Waals surface area contributed by atoms with Crippen molar-refractivity contribution in [2.75, 3.05) is 13.7 Å². The minimum Gasteiger partial charge on any atom is -0.497 e. The van der Waals surface area contributed by atoms with Crippen LogP contribution in [0.1, 0.15) is 29.0 Å². The van der Waals surface area contributed by atoms with E-state index in [4.69, 9.17) is 26.1 Å². The zero-order valence-electron chi connectivity index (χ0n) is 18.5. The van der Waals surface area contributed by atoms with E-state index in [1.54, 1.807) is 31.4 Å². The summed E-state index contributed by atoms with van der Waals surface area (Å²) in [5.74, 6) is 2.09. The maximum atomic E-state index is 12.6. The van der Waals surface area contributed by atoms with E-state index in [-0.39, 0.29) is 5.91 Å². The summed E-state index contributed by atoms with van der Waals surface area (Å²) in [6, 6.07) is 22.5. The lowest BCUT2D eigenvalue weighted by atomic mass is 10.2. The third-order valence-electron chi connectivity index (χ3n) is 5.36. The lowest BCUT2D eigenvalue weighted by molar-refractivity contribution is 0.0949. The van der Waals surface area contributed by atoms with E-state index in [0.717, 1.165) is 36.2 Å². The van der Waals surface area contributed by atoms with E-state index < -0.39 is 0 Å². The number of carbonyl (C=O) groups is 1. The van der Waals surface area contributed by atoms with Gasteiger partial charge < -0.3 is 19.4 Å². The van der Waals surface area contributed by atoms with Crippen LogP contribution in [0.3, 0.4) is 0 Å². The number of halogens is 1. The number of fused-ring (bicyclic) bond motifs is 1. The van der Waals surface area contributed by atoms with Gasteiger partial charge in [-0.3, -0.25) is 4.79 Å². The molecule has 0 aliphatic carbocycles. The number of imidazole rings is 1. The molecule has 0 aliphatic rings. The molecule has 33 heavy (non-hydrogen) atoms. The highest BCUT2D eigenvalue weighted by atomic mass is 35.5. The number of ether oxygens (including phenoxy) is 2. The number of methoxy groups -OCH3 is 1. The molecule has 4 aromatic rings. The van der Waals surface area contributed by atoms with Crippen LogP contribution in [0, 0.1) is 0 Å². The number of benzene rings is 3. The van der Waals surface area contributed by atoms with Crippen molar-refractivity contribution in [3.05, 3.63) is 89.2 Å². The van der Waals surface area contributed by atoms with Crippen LogP contribution in [0.5, 0.6) is 11.5 Å². The lowest BCUT2D eigenvalue weighted by Crippen LogP contribution is -2.24. The number of aromatic nitrogens is 2. The molecule has 0 radical (unpaired) electrons.